The maximum Gasteiger partial charge on any atom is 0.0998 e. The lowest BCUT2D eigenvalue weighted by atomic mass is 9.82. The molecule has 0 aliphatic heterocycles. The second kappa shape index (κ2) is 13.8. The van der Waals surface area contributed by atoms with Gasteiger partial charge >= 0.3 is 0 Å². The fourth-order valence-electron chi connectivity index (χ4n) is 10.6. The van der Waals surface area contributed by atoms with Crippen molar-refractivity contribution in [2.75, 3.05) is 0 Å². The molecule has 12 aromatic carbocycles. The quantitative estimate of drug-likeness (QED) is 0.126. The van der Waals surface area contributed by atoms with Gasteiger partial charge in [0.15, 0.2) is 0 Å². The van der Waals surface area contributed by atoms with Crippen LogP contribution in [0.3, 0.4) is 0 Å². The summed E-state index contributed by atoms with van der Waals surface area (Å²) in [6.07, 6.45) is 0. The lowest BCUT2D eigenvalue weighted by Gasteiger charge is -2.21. The van der Waals surface area contributed by atoms with Crippen molar-refractivity contribution in [3.05, 3.63) is 224 Å². The molecule has 2 heteroatoms. The van der Waals surface area contributed by atoms with Gasteiger partial charge in [0, 0.05) is 21.8 Å². The van der Waals surface area contributed by atoms with Crippen molar-refractivity contribution < 1.29 is 0 Å². The van der Waals surface area contributed by atoms with Crippen molar-refractivity contribution >= 4 is 75.7 Å². The summed E-state index contributed by atoms with van der Waals surface area (Å²) in [6.45, 7) is 0. The normalized spacial score (nSPS) is 11.8. The molecule has 2 nitrogen and oxygen atoms in total. The van der Waals surface area contributed by atoms with Crippen LogP contribution >= 0.6 is 0 Å². The Morgan fingerprint density at radius 2 is 0.825 bits per heavy atom. The Labute approximate surface area is 364 Å². The summed E-state index contributed by atoms with van der Waals surface area (Å²) in [5, 5.41) is 24.5. The molecule has 0 bridgehead atoms. The number of aromatic nitrogens is 1. The highest BCUT2D eigenvalue weighted by atomic mass is 15.0. The van der Waals surface area contributed by atoms with Gasteiger partial charge in [-0.25, -0.2) is 0 Å². The maximum atomic E-state index is 10.3. The van der Waals surface area contributed by atoms with Crippen LogP contribution in [0.2, 0.25) is 0 Å². The Morgan fingerprint density at radius 1 is 0.317 bits per heavy atom. The van der Waals surface area contributed by atoms with Gasteiger partial charge in [-0.15, -0.1) is 0 Å². The minimum atomic E-state index is 0.690. The zero-order valence-corrected chi connectivity index (χ0v) is 34.2. The predicted molar refractivity (Wildman–Crippen MR) is 266 cm³/mol. The lowest BCUT2D eigenvalue weighted by Crippen LogP contribution is -1.94. The Morgan fingerprint density at radius 3 is 1.48 bits per heavy atom. The van der Waals surface area contributed by atoms with Crippen molar-refractivity contribution in [3.63, 3.8) is 0 Å². The molecule has 290 valence electrons. The molecule has 63 heavy (non-hydrogen) atoms. The minimum absolute atomic E-state index is 0.690. The molecular formula is C61H36N2. The van der Waals surface area contributed by atoms with Crippen molar-refractivity contribution in [2.45, 2.75) is 0 Å². The number of nitrogens with zero attached hydrogens (tertiary/aromatic N) is 2. The third-order valence-corrected chi connectivity index (χ3v) is 13.4. The summed E-state index contributed by atoms with van der Waals surface area (Å²) < 4.78 is 2.35. The van der Waals surface area contributed by atoms with E-state index in [-0.39, 0.29) is 0 Å². The van der Waals surface area contributed by atoms with Crippen LogP contribution < -0.4 is 0 Å². The second-order valence-corrected chi connectivity index (χ2v) is 16.6. The van der Waals surface area contributed by atoms with E-state index in [1.165, 1.54) is 87.2 Å². The van der Waals surface area contributed by atoms with Crippen LogP contribution in [0.5, 0.6) is 0 Å². The first-order valence-electron chi connectivity index (χ1n) is 21.6. The number of hydrogen-bond acceptors (Lipinski definition) is 1. The van der Waals surface area contributed by atoms with Gasteiger partial charge in [0.2, 0.25) is 0 Å². The molecular weight excluding hydrogens is 761 g/mol. The highest BCUT2D eigenvalue weighted by molar-refractivity contribution is 6.29. The van der Waals surface area contributed by atoms with E-state index >= 15 is 0 Å². The molecule has 0 unspecified atom stereocenters. The van der Waals surface area contributed by atoms with E-state index < -0.39 is 0 Å². The summed E-state index contributed by atoms with van der Waals surface area (Å²) in [4.78, 5) is 0. The van der Waals surface area contributed by atoms with Crippen molar-refractivity contribution in [1.29, 1.82) is 5.26 Å². The van der Waals surface area contributed by atoms with Crippen molar-refractivity contribution in [1.82, 2.24) is 4.57 Å². The van der Waals surface area contributed by atoms with E-state index in [0.717, 1.165) is 38.6 Å². The van der Waals surface area contributed by atoms with Crippen molar-refractivity contribution in [3.8, 4) is 56.3 Å². The minimum Gasteiger partial charge on any atom is -0.309 e. The van der Waals surface area contributed by atoms with E-state index in [9.17, 15) is 5.26 Å². The van der Waals surface area contributed by atoms with Gasteiger partial charge in [-0.05, 0) is 135 Å². The molecule has 0 fully saturated rings. The molecule has 1 aromatic heterocycles. The molecule has 1 heterocycles. The van der Waals surface area contributed by atoms with Crippen molar-refractivity contribution in [2.24, 2.45) is 0 Å². The van der Waals surface area contributed by atoms with Crippen LogP contribution in [-0.2, 0) is 0 Å². The molecule has 0 aliphatic rings. The Bertz CT molecular complexity index is 4010. The first-order valence-corrected chi connectivity index (χ1v) is 21.6. The van der Waals surface area contributed by atoms with Gasteiger partial charge in [0.1, 0.15) is 0 Å². The van der Waals surface area contributed by atoms with Crippen LogP contribution in [0.15, 0.2) is 218 Å². The van der Waals surface area contributed by atoms with Crippen LogP contribution in [0, 0.1) is 11.3 Å². The van der Waals surface area contributed by atoms with E-state index in [1.54, 1.807) is 0 Å². The highest BCUT2D eigenvalue weighted by Crippen LogP contribution is 2.50. The van der Waals surface area contributed by atoms with Crippen LogP contribution in [0.25, 0.3) is 126 Å². The molecule has 0 N–H and O–H groups in total. The Balaban J connectivity index is 1.17. The third kappa shape index (κ3) is 5.24. The molecule has 0 atom stereocenters. The zero-order chi connectivity index (χ0) is 41.6. The number of nitriles is 1. The molecule has 13 rings (SSSR count). The number of para-hydroxylation sites is 1. The summed E-state index contributed by atoms with van der Waals surface area (Å²) in [5.74, 6) is 0. The Kier molecular flexibility index (Phi) is 7.70. The zero-order valence-electron chi connectivity index (χ0n) is 34.2. The van der Waals surface area contributed by atoms with Gasteiger partial charge < -0.3 is 4.57 Å². The number of rotatable bonds is 5. The largest absolute Gasteiger partial charge is 0.309 e. The number of hydrogen-bond donors (Lipinski definition) is 0. The van der Waals surface area contributed by atoms with Crippen LogP contribution in [0.1, 0.15) is 5.56 Å². The van der Waals surface area contributed by atoms with E-state index in [4.69, 9.17) is 0 Å². The monoisotopic (exact) mass is 796 g/mol. The Hall–Kier alpha value is -8.51. The molecule has 0 saturated heterocycles. The second-order valence-electron chi connectivity index (χ2n) is 16.6. The fourth-order valence-corrected chi connectivity index (χ4v) is 10.6. The van der Waals surface area contributed by atoms with Gasteiger partial charge in [0.25, 0.3) is 0 Å². The third-order valence-electron chi connectivity index (χ3n) is 13.4. The summed E-state index contributed by atoms with van der Waals surface area (Å²) in [7, 11) is 0. The van der Waals surface area contributed by atoms with Gasteiger partial charge in [-0.3, -0.25) is 0 Å². The highest BCUT2D eigenvalue weighted by Gasteiger charge is 2.23. The van der Waals surface area contributed by atoms with E-state index in [2.05, 4.69) is 223 Å². The maximum absolute atomic E-state index is 10.3. The summed E-state index contributed by atoms with van der Waals surface area (Å²) in [5.41, 5.74) is 13.6. The summed E-state index contributed by atoms with van der Waals surface area (Å²) >= 11 is 0. The average molecular weight is 797 g/mol. The SMILES string of the molecule is N#Cc1ccc2c3c1ccc1c(-c4ccc5c(-c6cccc7ccccc67)c6cc(-c7ccccc7)ccc6c(-c6cccc7ccccc67)c5c4)ccc(c13)n2-c1ccccc1. The molecule has 0 radical (unpaired) electrons. The molecule has 13 aromatic rings. The lowest BCUT2D eigenvalue weighted by molar-refractivity contribution is 1.18. The fraction of sp³-hybridized carbons (Fsp3) is 0. The van der Waals surface area contributed by atoms with Gasteiger partial charge in [-0.1, -0.05) is 176 Å². The number of fused-ring (bicyclic) bond motifs is 4. The predicted octanol–water partition coefficient (Wildman–Crippen LogP) is 16.5. The summed E-state index contributed by atoms with van der Waals surface area (Å²) in [6, 6.07) is 82.0. The van der Waals surface area contributed by atoms with E-state index in [1.807, 2.05) is 6.07 Å². The molecule has 0 aliphatic carbocycles. The molecule has 0 saturated carbocycles. The van der Waals surface area contributed by atoms with Gasteiger partial charge in [-0.2, -0.15) is 5.26 Å². The molecule has 0 amide bonds. The standard InChI is InChI=1S/C61H36N2/c62-37-43-27-33-56-60-48(43)30-31-51-47(32-34-57(61(51)60)63(56)44-19-5-2-6-20-44)42-26-29-53-55(36-42)59(50-24-12-18-40-16-8-10-22-46(40)50)52-28-25-41(38-13-3-1-4-14-38)35-54(52)58(53)49-23-11-17-39-15-7-9-21-45(39)49/h1-36H. The smallest absolute Gasteiger partial charge is 0.0998 e. The first-order chi connectivity index (χ1) is 31.2. The van der Waals surface area contributed by atoms with E-state index in [0.29, 0.717) is 5.56 Å². The van der Waals surface area contributed by atoms with Crippen LogP contribution in [-0.4, -0.2) is 4.57 Å². The number of benzene rings is 12. The topological polar surface area (TPSA) is 28.7 Å². The van der Waals surface area contributed by atoms with Crippen LogP contribution in [0.4, 0.5) is 0 Å². The van der Waals surface area contributed by atoms with Gasteiger partial charge in [0.05, 0.1) is 22.7 Å². The molecule has 0 spiro atoms. The first kappa shape index (κ1) is 35.3. The average Bonchev–Trinajstić information content (AvgIpc) is 3.70.